The number of halogens is 4. The number of hydrogen-bond donors (Lipinski definition) is 3. The second kappa shape index (κ2) is 12.4. The molecule has 0 aliphatic carbocycles. The summed E-state index contributed by atoms with van der Waals surface area (Å²) in [4.78, 5) is 20.6. The molecule has 2 aromatic rings. The second-order valence-corrected chi connectivity index (χ2v) is 6.28. The van der Waals surface area contributed by atoms with Crippen LogP contribution in [-0.2, 0) is 17.5 Å². The number of carbonyl (C=O) groups excluding carboxylic acids is 1. The molecule has 0 radical (unpaired) electrons. The van der Waals surface area contributed by atoms with Crippen LogP contribution in [0.2, 0.25) is 0 Å². The molecular weight excluding hydrogens is 510 g/mol. The number of amides is 1. The van der Waals surface area contributed by atoms with Gasteiger partial charge in [-0.3, -0.25) is 4.79 Å². The van der Waals surface area contributed by atoms with Crippen molar-refractivity contribution in [3.05, 3.63) is 59.3 Å². The van der Waals surface area contributed by atoms with Crippen molar-refractivity contribution in [1.82, 2.24) is 15.6 Å². The zero-order chi connectivity index (χ0) is 21.3. The molecule has 0 spiro atoms. The third kappa shape index (κ3) is 8.97. The highest BCUT2D eigenvalue weighted by Gasteiger charge is 2.29. The van der Waals surface area contributed by atoms with Gasteiger partial charge in [0.2, 0.25) is 5.91 Å². The summed E-state index contributed by atoms with van der Waals surface area (Å²) >= 11 is 0. The van der Waals surface area contributed by atoms with Crippen molar-refractivity contribution in [2.75, 3.05) is 18.4 Å². The van der Waals surface area contributed by atoms with E-state index in [0.29, 0.717) is 30.4 Å². The summed E-state index contributed by atoms with van der Waals surface area (Å²) in [6.45, 7) is 4.90. The van der Waals surface area contributed by atoms with Gasteiger partial charge in [-0.15, -0.1) is 24.0 Å². The smallest absolute Gasteiger partial charge is 0.357 e. The number of carbonyl (C=O) groups is 1. The van der Waals surface area contributed by atoms with Gasteiger partial charge < -0.3 is 16.0 Å². The quantitative estimate of drug-likeness (QED) is 0.284. The maximum Gasteiger partial charge on any atom is 0.416 e. The maximum atomic E-state index is 12.6. The van der Waals surface area contributed by atoms with Gasteiger partial charge in [0.15, 0.2) is 5.96 Å². The molecule has 1 heterocycles. The van der Waals surface area contributed by atoms with Crippen LogP contribution < -0.4 is 16.0 Å². The number of guanidine groups is 1. The Labute approximate surface area is 190 Å². The molecule has 30 heavy (non-hydrogen) atoms. The topological polar surface area (TPSA) is 78.4 Å². The maximum absolute atomic E-state index is 12.6. The van der Waals surface area contributed by atoms with Crippen molar-refractivity contribution in [3.63, 3.8) is 0 Å². The lowest BCUT2D eigenvalue weighted by Crippen LogP contribution is -2.38. The minimum Gasteiger partial charge on any atom is -0.357 e. The third-order valence-corrected chi connectivity index (χ3v) is 3.85. The Morgan fingerprint density at radius 3 is 2.40 bits per heavy atom. The molecule has 0 aliphatic rings. The highest BCUT2D eigenvalue weighted by Crippen LogP contribution is 2.29. The van der Waals surface area contributed by atoms with E-state index in [4.69, 9.17) is 0 Å². The van der Waals surface area contributed by atoms with E-state index in [9.17, 15) is 18.0 Å². The lowest BCUT2D eigenvalue weighted by molar-refractivity contribution is -0.137. The molecule has 0 fully saturated rings. The van der Waals surface area contributed by atoms with Gasteiger partial charge in [-0.2, -0.15) is 13.2 Å². The van der Waals surface area contributed by atoms with E-state index in [-0.39, 0.29) is 42.8 Å². The van der Waals surface area contributed by atoms with E-state index in [1.54, 1.807) is 6.07 Å². The van der Waals surface area contributed by atoms with Crippen LogP contribution in [-0.4, -0.2) is 29.9 Å². The molecule has 2 rings (SSSR count). The first-order valence-corrected chi connectivity index (χ1v) is 9.19. The standard InChI is InChI=1S/C20H24F3N5O.HI/c1-3-24-19(26-13-15-7-9-16(10-8-15)20(21,22)23)25-12-11-18(29)28-17-6-4-5-14(2)27-17;/h4-10H,3,11-13H2,1-2H3,(H2,24,25,26)(H,27,28,29);1H. The molecule has 0 bridgehead atoms. The number of rotatable bonds is 7. The highest BCUT2D eigenvalue weighted by molar-refractivity contribution is 14.0. The first kappa shape index (κ1) is 25.7. The zero-order valence-electron chi connectivity index (χ0n) is 16.7. The van der Waals surface area contributed by atoms with Crippen LogP contribution in [0.15, 0.2) is 47.5 Å². The number of benzene rings is 1. The number of anilines is 1. The summed E-state index contributed by atoms with van der Waals surface area (Å²) in [6.07, 6.45) is -4.15. The normalized spacial score (nSPS) is 11.4. The van der Waals surface area contributed by atoms with Gasteiger partial charge in [-0.05, 0) is 43.7 Å². The van der Waals surface area contributed by atoms with Crippen molar-refractivity contribution in [2.45, 2.75) is 33.0 Å². The van der Waals surface area contributed by atoms with Crippen LogP contribution in [0.3, 0.4) is 0 Å². The lowest BCUT2D eigenvalue weighted by atomic mass is 10.1. The average Bonchev–Trinajstić information content (AvgIpc) is 2.65. The number of aryl methyl sites for hydroxylation is 1. The molecule has 0 aliphatic heterocycles. The Balaban J connectivity index is 0.00000450. The second-order valence-electron chi connectivity index (χ2n) is 6.28. The number of alkyl halides is 3. The summed E-state index contributed by atoms with van der Waals surface area (Å²) in [5.41, 5.74) is 0.772. The summed E-state index contributed by atoms with van der Waals surface area (Å²) in [5.74, 6) is 0.793. The molecule has 6 nitrogen and oxygen atoms in total. The van der Waals surface area contributed by atoms with Gasteiger partial charge in [0, 0.05) is 25.2 Å². The molecule has 0 unspecified atom stereocenters. The van der Waals surface area contributed by atoms with Gasteiger partial charge in [0.05, 0.1) is 12.1 Å². The Morgan fingerprint density at radius 1 is 1.10 bits per heavy atom. The van der Waals surface area contributed by atoms with Gasteiger partial charge in [-0.1, -0.05) is 18.2 Å². The van der Waals surface area contributed by atoms with Crippen molar-refractivity contribution in [2.24, 2.45) is 4.99 Å². The number of aliphatic imine (C=N–C) groups is 1. The molecule has 10 heteroatoms. The van der Waals surface area contributed by atoms with Gasteiger partial charge in [0.25, 0.3) is 0 Å². The van der Waals surface area contributed by atoms with E-state index >= 15 is 0 Å². The summed E-state index contributed by atoms with van der Waals surface area (Å²) in [7, 11) is 0. The number of nitrogens with one attached hydrogen (secondary N) is 3. The molecule has 1 aromatic heterocycles. The Kier molecular flexibility index (Phi) is 10.6. The molecule has 0 saturated carbocycles. The first-order chi connectivity index (χ1) is 13.8. The van der Waals surface area contributed by atoms with Gasteiger partial charge in [0.1, 0.15) is 5.82 Å². The Bertz CT molecular complexity index is 841. The van der Waals surface area contributed by atoms with E-state index < -0.39 is 11.7 Å². The van der Waals surface area contributed by atoms with E-state index in [1.165, 1.54) is 12.1 Å². The Hall–Kier alpha value is -2.37. The van der Waals surface area contributed by atoms with Crippen molar-refractivity contribution in [1.29, 1.82) is 0 Å². The van der Waals surface area contributed by atoms with Crippen LogP contribution >= 0.6 is 24.0 Å². The molecule has 3 N–H and O–H groups in total. The van der Waals surface area contributed by atoms with Gasteiger partial charge in [-0.25, -0.2) is 9.98 Å². The molecule has 164 valence electrons. The summed E-state index contributed by atoms with van der Waals surface area (Å²) in [5, 5.41) is 8.79. The number of pyridine rings is 1. The van der Waals surface area contributed by atoms with Crippen molar-refractivity contribution < 1.29 is 18.0 Å². The highest BCUT2D eigenvalue weighted by atomic mass is 127. The van der Waals surface area contributed by atoms with Crippen LogP contribution in [0.4, 0.5) is 19.0 Å². The largest absolute Gasteiger partial charge is 0.416 e. The minimum absolute atomic E-state index is 0. The van der Waals surface area contributed by atoms with Crippen molar-refractivity contribution in [3.8, 4) is 0 Å². The minimum atomic E-state index is -4.35. The summed E-state index contributed by atoms with van der Waals surface area (Å²) < 4.78 is 37.8. The average molecular weight is 535 g/mol. The zero-order valence-corrected chi connectivity index (χ0v) is 19.0. The molecule has 1 aromatic carbocycles. The van der Waals surface area contributed by atoms with Crippen LogP contribution in [0.1, 0.15) is 30.2 Å². The fraction of sp³-hybridized carbons (Fsp3) is 0.350. The monoisotopic (exact) mass is 535 g/mol. The predicted molar refractivity (Wildman–Crippen MR) is 122 cm³/mol. The number of aromatic nitrogens is 1. The third-order valence-electron chi connectivity index (χ3n) is 3.85. The van der Waals surface area contributed by atoms with Crippen LogP contribution in [0.25, 0.3) is 0 Å². The molecule has 0 saturated heterocycles. The number of hydrogen-bond acceptors (Lipinski definition) is 3. The van der Waals surface area contributed by atoms with Crippen LogP contribution in [0, 0.1) is 6.92 Å². The fourth-order valence-corrected chi connectivity index (χ4v) is 2.42. The predicted octanol–water partition coefficient (Wildman–Crippen LogP) is 4.11. The van der Waals surface area contributed by atoms with E-state index in [0.717, 1.165) is 17.8 Å². The first-order valence-electron chi connectivity index (χ1n) is 9.19. The van der Waals surface area contributed by atoms with E-state index in [2.05, 4.69) is 25.9 Å². The molecular formula is C20H25F3IN5O. The Morgan fingerprint density at radius 2 is 1.80 bits per heavy atom. The summed E-state index contributed by atoms with van der Waals surface area (Å²) in [6, 6.07) is 10.2. The van der Waals surface area contributed by atoms with Gasteiger partial charge >= 0.3 is 6.18 Å². The SMILES string of the molecule is CCNC(=NCc1ccc(C(F)(F)F)cc1)NCCC(=O)Nc1cccc(C)n1.I. The van der Waals surface area contributed by atoms with E-state index in [1.807, 2.05) is 26.0 Å². The van der Waals surface area contributed by atoms with Crippen LogP contribution in [0.5, 0.6) is 0 Å². The lowest BCUT2D eigenvalue weighted by Gasteiger charge is -2.12. The fourth-order valence-electron chi connectivity index (χ4n) is 2.42. The molecule has 0 atom stereocenters. The number of nitrogens with zero attached hydrogens (tertiary/aromatic N) is 2. The molecule has 1 amide bonds. The van der Waals surface area contributed by atoms with Crippen molar-refractivity contribution >= 4 is 41.7 Å².